The Morgan fingerprint density at radius 2 is 2.08 bits per heavy atom. The van der Waals surface area contributed by atoms with Crippen molar-refractivity contribution in [2.75, 3.05) is 5.32 Å². The van der Waals surface area contributed by atoms with Crippen LogP contribution in [0.15, 0.2) is 35.3 Å². The number of benzene rings is 1. The molecule has 0 spiro atoms. The molecule has 1 aliphatic carbocycles. The normalized spacial score (nSPS) is 17.0. The van der Waals surface area contributed by atoms with Crippen LogP contribution in [0.3, 0.4) is 0 Å². The van der Waals surface area contributed by atoms with Crippen molar-refractivity contribution in [2.24, 2.45) is 7.05 Å². The van der Waals surface area contributed by atoms with Crippen molar-refractivity contribution in [2.45, 2.75) is 45.1 Å². The number of nitrogens with one attached hydrogen (secondary N) is 1. The molecule has 0 radical (unpaired) electrons. The molecule has 1 N–H and O–H groups in total. The second kappa shape index (κ2) is 6.02. The van der Waals surface area contributed by atoms with E-state index in [0.717, 1.165) is 25.1 Å². The minimum Gasteiger partial charge on any atom is -0.348 e. The molecule has 2 heterocycles. The molecule has 0 saturated heterocycles. The van der Waals surface area contributed by atoms with E-state index < -0.39 is 0 Å². The maximum absolute atomic E-state index is 12.7. The van der Waals surface area contributed by atoms with Gasteiger partial charge in [0.25, 0.3) is 5.56 Å². The van der Waals surface area contributed by atoms with Crippen molar-refractivity contribution in [3.05, 3.63) is 57.8 Å². The fraction of sp³-hybridized carbons (Fsp3) is 0.421. The zero-order valence-electron chi connectivity index (χ0n) is 14.9. The van der Waals surface area contributed by atoms with Gasteiger partial charge in [0.05, 0.1) is 12.2 Å². The minimum absolute atomic E-state index is 0.0824. The van der Waals surface area contributed by atoms with Crippen LogP contribution in [0.5, 0.6) is 0 Å². The van der Waals surface area contributed by atoms with Crippen molar-refractivity contribution in [3.63, 3.8) is 0 Å². The Kier molecular flexibility index (Phi) is 3.82. The van der Waals surface area contributed by atoms with Gasteiger partial charge in [-0.3, -0.25) is 9.36 Å². The average molecular weight is 337 g/mol. The number of anilines is 1. The first-order chi connectivity index (χ1) is 12.1. The molecule has 1 aromatic carbocycles. The third-order valence-corrected chi connectivity index (χ3v) is 4.99. The molecule has 0 amide bonds. The van der Waals surface area contributed by atoms with Crippen LogP contribution in [0.25, 0.3) is 5.52 Å². The van der Waals surface area contributed by atoms with Crippen LogP contribution in [0.4, 0.5) is 5.95 Å². The molecule has 3 aromatic rings. The Morgan fingerprint density at radius 3 is 2.88 bits per heavy atom. The molecule has 1 unspecified atom stereocenters. The highest BCUT2D eigenvalue weighted by molar-refractivity contribution is 5.46. The monoisotopic (exact) mass is 337 g/mol. The van der Waals surface area contributed by atoms with Crippen LogP contribution >= 0.6 is 0 Å². The summed E-state index contributed by atoms with van der Waals surface area (Å²) in [6.45, 7) is 4.11. The summed E-state index contributed by atoms with van der Waals surface area (Å²) >= 11 is 0. The second-order valence-electron chi connectivity index (χ2n) is 7.04. The Bertz CT molecular complexity index is 985. The van der Waals surface area contributed by atoms with Crippen LogP contribution in [0.1, 0.15) is 55.6 Å². The molecular weight excluding hydrogens is 314 g/mol. The lowest BCUT2D eigenvalue weighted by atomic mass is 9.88. The van der Waals surface area contributed by atoms with E-state index in [1.54, 1.807) is 22.3 Å². The summed E-state index contributed by atoms with van der Waals surface area (Å²) in [6.07, 6.45) is 4.89. The van der Waals surface area contributed by atoms with Gasteiger partial charge in [-0.2, -0.15) is 0 Å². The van der Waals surface area contributed by atoms with E-state index in [9.17, 15) is 4.79 Å². The third-order valence-electron chi connectivity index (χ3n) is 4.99. The minimum atomic E-state index is -0.0824. The highest BCUT2D eigenvalue weighted by atomic mass is 16.1. The van der Waals surface area contributed by atoms with E-state index in [0.29, 0.717) is 11.5 Å². The quantitative estimate of drug-likeness (QED) is 0.798. The SMILES string of the molecule is CC(C)c1ncc2c(=O)n(C)c(NC3CCCc4ccccc43)nn12. The van der Waals surface area contributed by atoms with Gasteiger partial charge in [-0.15, -0.1) is 5.10 Å². The predicted molar refractivity (Wildman–Crippen MR) is 98.1 cm³/mol. The molecule has 130 valence electrons. The Morgan fingerprint density at radius 1 is 1.28 bits per heavy atom. The number of rotatable bonds is 3. The maximum Gasteiger partial charge on any atom is 0.280 e. The highest BCUT2D eigenvalue weighted by Crippen LogP contribution is 2.31. The van der Waals surface area contributed by atoms with Gasteiger partial charge in [-0.25, -0.2) is 9.50 Å². The first-order valence-corrected chi connectivity index (χ1v) is 8.85. The van der Waals surface area contributed by atoms with E-state index in [2.05, 4.69) is 53.5 Å². The van der Waals surface area contributed by atoms with E-state index in [4.69, 9.17) is 0 Å². The Balaban J connectivity index is 1.79. The van der Waals surface area contributed by atoms with Gasteiger partial charge in [0.1, 0.15) is 5.82 Å². The molecule has 0 bridgehead atoms. The summed E-state index contributed by atoms with van der Waals surface area (Å²) in [5.74, 6) is 1.59. The fourth-order valence-electron chi connectivity index (χ4n) is 3.62. The zero-order chi connectivity index (χ0) is 17.6. The molecule has 1 atom stereocenters. The molecule has 6 heteroatoms. The zero-order valence-corrected chi connectivity index (χ0v) is 14.9. The maximum atomic E-state index is 12.7. The number of imidazole rings is 1. The summed E-state index contributed by atoms with van der Waals surface area (Å²) in [6, 6.07) is 8.68. The van der Waals surface area contributed by atoms with Gasteiger partial charge in [-0.05, 0) is 30.4 Å². The smallest absolute Gasteiger partial charge is 0.280 e. The van der Waals surface area contributed by atoms with Crippen LogP contribution < -0.4 is 10.9 Å². The van der Waals surface area contributed by atoms with Gasteiger partial charge in [0.15, 0.2) is 5.52 Å². The molecule has 1 aliphatic rings. The lowest BCUT2D eigenvalue weighted by Crippen LogP contribution is -2.28. The topological polar surface area (TPSA) is 64.2 Å². The summed E-state index contributed by atoms with van der Waals surface area (Å²) in [5, 5.41) is 8.19. The molecular formula is C19H23N5O. The van der Waals surface area contributed by atoms with Crippen molar-refractivity contribution in [3.8, 4) is 0 Å². The first kappa shape index (κ1) is 15.9. The van der Waals surface area contributed by atoms with Gasteiger partial charge >= 0.3 is 0 Å². The number of fused-ring (bicyclic) bond motifs is 2. The number of aromatic nitrogens is 4. The van der Waals surface area contributed by atoms with E-state index in [1.807, 2.05) is 0 Å². The van der Waals surface area contributed by atoms with E-state index >= 15 is 0 Å². The molecule has 0 fully saturated rings. The summed E-state index contributed by atoms with van der Waals surface area (Å²) < 4.78 is 3.27. The van der Waals surface area contributed by atoms with Crippen molar-refractivity contribution < 1.29 is 0 Å². The van der Waals surface area contributed by atoms with Crippen molar-refractivity contribution >= 4 is 11.5 Å². The lowest BCUT2D eigenvalue weighted by molar-refractivity contribution is 0.585. The van der Waals surface area contributed by atoms with E-state index in [1.165, 1.54) is 11.1 Å². The average Bonchev–Trinajstić information content (AvgIpc) is 3.04. The van der Waals surface area contributed by atoms with Crippen LogP contribution in [0, 0.1) is 0 Å². The summed E-state index contributed by atoms with van der Waals surface area (Å²) in [7, 11) is 1.76. The van der Waals surface area contributed by atoms with Gasteiger partial charge in [0.2, 0.25) is 5.95 Å². The van der Waals surface area contributed by atoms with E-state index in [-0.39, 0.29) is 17.5 Å². The summed E-state index contributed by atoms with van der Waals surface area (Å²) in [4.78, 5) is 17.1. The molecule has 4 rings (SSSR count). The molecule has 0 aliphatic heterocycles. The predicted octanol–water partition coefficient (Wildman–Crippen LogP) is 3.04. The second-order valence-corrected chi connectivity index (χ2v) is 7.04. The summed E-state index contributed by atoms with van der Waals surface area (Å²) in [5.41, 5.74) is 3.11. The first-order valence-electron chi connectivity index (χ1n) is 8.85. The Labute approximate surface area is 146 Å². The number of nitrogens with zero attached hydrogens (tertiary/aromatic N) is 4. The highest BCUT2D eigenvalue weighted by Gasteiger charge is 2.22. The lowest BCUT2D eigenvalue weighted by Gasteiger charge is -2.27. The van der Waals surface area contributed by atoms with Crippen LogP contribution in [-0.4, -0.2) is 19.2 Å². The van der Waals surface area contributed by atoms with Gasteiger partial charge in [-0.1, -0.05) is 38.1 Å². The molecule has 25 heavy (non-hydrogen) atoms. The molecule has 0 saturated carbocycles. The fourth-order valence-corrected chi connectivity index (χ4v) is 3.62. The Hall–Kier alpha value is -2.63. The largest absolute Gasteiger partial charge is 0.348 e. The molecule has 6 nitrogen and oxygen atoms in total. The number of hydrogen-bond donors (Lipinski definition) is 1. The van der Waals surface area contributed by atoms with Gasteiger partial charge < -0.3 is 5.32 Å². The van der Waals surface area contributed by atoms with Crippen LogP contribution in [0.2, 0.25) is 0 Å². The standard InChI is InChI=1S/C19H23N5O/c1-12(2)17-20-11-16-18(25)23(3)19(22-24(16)17)21-15-10-6-8-13-7-4-5-9-14(13)15/h4-5,7,9,11-12,15H,6,8,10H2,1-3H3,(H,21,22). The van der Waals surface area contributed by atoms with Crippen molar-refractivity contribution in [1.82, 2.24) is 19.2 Å². The molecule has 2 aromatic heterocycles. The van der Waals surface area contributed by atoms with Crippen LogP contribution in [-0.2, 0) is 13.5 Å². The third kappa shape index (κ3) is 2.62. The van der Waals surface area contributed by atoms with Crippen molar-refractivity contribution in [1.29, 1.82) is 0 Å². The van der Waals surface area contributed by atoms with Gasteiger partial charge in [0, 0.05) is 13.0 Å². The number of hydrogen-bond acceptors (Lipinski definition) is 4. The number of aryl methyl sites for hydroxylation is 1.